The van der Waals surface area contributed by atoms with Crippen molar-refractivity contribution in [3.8, 4) is 0 Å². The Morgan fingerprint density at radius 3 is 2.28 bits per heavy atom. The van der Waals surface area contributed by atoms with E-state index in [1.54, 1.807) is 37.9 Å². The summed E-state index contributed by atoms with van der Waals surface area (Å²) < 4.78 is 0. The van der Waals surface area contributed by atoms with E-state index in [1.165, 1.54) is 4.90 Å². The molecule has 1 aliphatic rings. The second-order valence-corrected chi connectivity index (χ2v) is 6.77. The predicted molar refractivity (Wildman–Crippen MR) is 95.6 cm³/mol. The quantitative estimate of drug-likeness (QED) is 0.828. The lowest BCUT2D eigenvalue weighted by Gasteiger charge is -2.22. The molecule has 0 spiro atoms. The minimum atomic E-state index is -0.942. The molecule has 7 nitrogen and oxygen atoms in total. The first kappa shape index (κ1) is 18.8. The van der Waals surface area contributed by atoms with Crippen LogP contribution in [0.2, 0.25) is 0 Å². The third-order valence-electron chi connectivity index (χ3n) is 4.45. The zero-order chi connectivity index (χ0) is 18.7. The van der Waals surface area contributed by atoms with E-state index >= 15 is 0 Å². The Morgan fingerprint density at radius 2 is 1.84 bits per heavy atom. The monoisotopic (exact) mass is 347 g/mol. The number of carbonyl (C=O) groups excluding carboxylic acids is 2. The lowest BCUT2D eigenvalue weighted by atomic mass is 10.2. The first-order valence-electron chi connectivity index (χ1n) is 8.35. The van der Waals surface area contributed by atoms with E-state index < -0.39 is 11.9 Å². The maximum atomic E-state index is 12.1. The number of carboxylic acid groups (broad SMARTS) is 1. The van der Waals surface area contributed by atoms with Gasteiger partial charge in [-0.1, -0.05) is 13.8 Å². The molecule has 1 aromatic rings. The van der Waals surface area contributed by atoms with Crippen LogP contribution < -0.4 is 10.2 Å². The average molecular weight is 347 g/mol. The Balaban J connectivity index is 1.99. The van der Waals surface area contributed by atoms with Crippen molar-refractivity contribution in [3.05, 3.63) is 24.3 Å². The van der Waals surface area contributed by atoms with Crippen LogP contribution in [0, 0.1) is 11.8 Å². The molecule has 3 atom stereocenters. The lowest BCUT2D eigenvalue weighted by molar-refractivity contribution is -0.141. The molecule has 0 saturated heterocycles. The number of carbonyl (C=O) groups is 3. The Hall–Kier alpha value is -2.57. The number of aliphatic carboxylic acids is 1. The zero-order valence-corrected chi connectivity index (χ0v) is 15.0. The van der Waals surface area contributed by atoms with Gasteiger partial charge in [0.05, 0.1) is 5.92 Å². The molecule has 3 unspecified atom stereocenters. The maximum absolute atomic E-state index is 12.1. The van der Waals surface area contributed by atoms with Gasteiger partial charge in [-0.2, -0.15) is 0 Å². The second-order valence-electron chi connectivity index (χ2n) is 6.77. The first-order chi connectivity index (χ1) is 11.7. The molecule has 3 amide bonds. The van der Waals surface area contributed by atoms with E-state index in [0.29, 0.717) is 11.6 Å². The minimum absolute atomic E-state index is 0.00790. The van der Waals surface area contributed by atoms with E-state index in [1.807, 2.05) is 12.1 Å². The Morgan fingerprint density at radius 1 is 1.28 bits per heavy atom. The topological polar surface area (TPSA) is 90.0 Å². The van der Waals surface area contributed by atoms with Crippen molar-refractivity contribution >= 4 is 29.3 Å². The SMILES string of the molecule is CC(=O)N(c1ccc(NC(=O)N(C)CC(C)C(=O)O)cc1)C1CC1C. The molecule has 1 aromatic carbocycles. The molecular formula is C18H25N3O4. The average Bonchev–Trinajstić information content (AvgIpc) is 3.24. The van der Waals surface area contributed by atoms with Gasteiger partial charge in [0.2, 0.25) is 5.91 Å². The summed E-state index contributed by atoms with van der Waals surface area (Å²) >= 11 is 0. The number of rotatable bonds is 6. The standard InChI is InChI=1S/C18H25N3O4/c1-11-9-16(11)21(13(3)22)15-7-5-14(6-8-15)19-18(25)20(4)10-12(2)17(23)24/h5-8,11-12,16H,9-10H2,1-4H3,(H,19,25)(H,23,24). The molecule has 2 rings (SSSR count). The number of nitrogens with one attached hydrogen (secondary N) is 1. The molecule has 1 aliphatic carbocycles. The van der Waals surface area contributed by atoms with Crippen molar-refractivity contribution in [1.82, 2.24) is 4.90 Å². The lowest BCUT2D eigenvalue weighted by Crippen LogP contribution is -2.36. The van der Waals surface area contributed by atoms with E-state index in [0.717, 1.165) is 12.1 Å². The summed E-state index contributed by atoms with van der Waals surface area (Å²) in [6.45, 7) is 5.34. The third kappa shape index (κ3) is 4.71. The predicted octanol–water partition coefficient (Wildman–Crippen LogP) is 2.63. The van der Waals surface area contributed by atoms with Crippen LogP contribution in [0.5, 0.6) is 0 Å². The number of amides is 3. The van der Waals surface area contributed by atoms with Gasteiger partial charge in [-0.05, 0) is 36.6 Å². The molecule has 0 heterocycles. The number of hydrogen-bond acceptors (Lipinski definition) is 3. The van der Waals surface area contributed by atoms with Gasteiger partial charge in [-0.3, -0.25) is 9.59 Å². The Labute approximate surface area is 147 Å². The fourth-order valence-electron chi connectivity index (χ4n) is 2.77. The van der Waals surface area contributed by atoms with Crippen LogP contribution in [-0.4, -0.2) is 47.5 Å². The number of hydrogen-bond donors (Lipinski definition) is 2. The highest BCUT2D eigenvalue weighted by Crippen LogP contribution is 2.38. The molecule has 0 aromatic heterocycles. The smallest absolute Gasteiger partial charge is 0.321 e. The van der Waals surface area contributed by atoms with Crippen molar-refractivity contribution in [2.45, 2.75) is 33.2 Å². The third-order valence-corrected chi connectivity index (χ3v) is 4.45. The summed E-state index contributed by atoms with van der Waals surface area (Å²) in [5.41, 5.74) is 1.41. The van der Waals surface area contributed by atoms with Gasteiger partial charge in [0.15, 0.2) is 0 Å². The van der Waals surface area contributed by atoms with Gasteiger partial charge in [0, 0.05) is 37.9 Å². The molecule has 2 N–H and O–H groups in total. The van der Waals surface area contributed by atoms with Gasteiger partial charge >= 0.3 is 12.0 Å². The zero-order valence-electron chi connectivity index (χ0n) is 15.0. The van der Waals surface area contributed by atoms with Gasteiger partial charge in [0.1, 0.15) is 0 Å². The number of nitrogens with zero attached hydrogens (tertiary/aromatic N) is 2. The highest BCUT2D eigenvalue weighted by atomic mass is 16.4. The van der Waals surface area contributed by atoms with Crippen LogP contribution in [0.15, 0.2) is 24.3 Å². The van der Waals surface area contributed by atoms with E-state index in [2.05, 4.69) is 12.2 Å². The van der Waals surface area contributed by atoms with Gasteiger partial charge in [0.25, 0.3) is 0 Å². The van der Waals surface area contributed by atoms with E-state index in [9.17, 15) is 14.4 Å². The summed E-state index contributed by atoms with van der Waals surface area (Å²) in [7, 11) is 1.55. The van der Waals surface area contributed by atoms with E-state index in [4.69, 9.17) is 5.11 Å². The van der Waals surface area contributed by atoms with Gasteiger partial charge in [-0.25, -0.2) is 4.79 Å². The summed E-state index contributed by atoms with van der Waals surface area (Å²) in [4.78, 5) is 38.0. The summed E-state index contributed by atoms with van der Waals surface area (Å²) in [6, 6.07) is 6.97. The fourth-order valence-corrected chi connectivity index (χ4v) is 2.77. The number of anilines is 2. The minimum Gasteiger partial charge on any atom is -0.481 e. The van der Waals surface area contributed by atoms with Crippen LogP contribution in [0.4, 0.5) is 16.2 Å². The molecule has 136 valence electrons. The molecule has 25 heavy (non-hydrogen) atoms. The normalized spacial score (nSPS) is 19.7. The molecule has 0 aliphatic heterocycles. The molecule has 1 fully saturated rings. The van der Waals surface area contributed by atoms with Crippen molar-refractivity contribution < 1.29 is 19.5 Å². The van der Waals surface area contributed by atoms with Crippen LogP contribution in [-0.2, 0) is 9.59 Å². The van der Waals surface area contributed by atoms with Crippen molar-refractivity contribution in [2.75, 3.05) is 23.8 Å². The van der Waals surface area contributed by atoms with Crippen LogP contribution in [0.1, 0.15) is 27.2 Å². The van der Waals surface area contributed by atoms with Crippen molar-refractivity contribution in [3.63, 3.8) is 0 Å². The number of benzene rings is 1. The molecular weight excluding hydrogens is 322 g/mol. The van der Waals surface area contributed by atoms with Crippen molar-refractivity contribution in [1.29, 1.82) is 0 Å². The number of carboxylic acids is 1. The number of urea groups is 1. The Bertz CT molecular complexity index is 659. The summed E-state index contributed by atoms with van der Waals surface area (Å²) in [5.74, 6) is -1.06. The summed E-state index contributed by atoms with van der Waals surface area (Å²) in [5, 5.41) is 11.6. The molecule has 7 heteroatoms. The van der Waals surface area contributed by atoms with Gasteiger partial charge in [-0.15, -0.1) is 0 Å². The first-order valence-corrected chi connectivity index (χ1v) is 8.35. The largest absolute Gasteiger partial charge is 0.481 e. The van der Waals surface area contributed by atoms with Crippen LogP contribution in [0.25, 0.3) is 0 Å². The van der Waals surface area contributed by atoms with Crippen molar-refractivity contribution in [2.24, 2.45) is 11.8 Å². The maximum Gasteiger partial charge on any atom is 0.321 e. The molecule has 0 radical (unpaired) electrons. The second kappa shape index (κ2) is 7.55. The van der Waals surface area contributed by atoms with Gasteiger partial charge < -0.3 is 20.2 Å². The highest BCUT2D eigenvalue weighted by Gasteiger charge is 2.40. The Kier molecular flexibility index (Phi) is 5.66. The molecule has 0 bridgehead atoms. The van der Waals surface area contributed by atoms with E-state index in [-0.39, 0.29) is 24.5 Å². The molecule has 1 saturated carbocycles. The summed E-state index contributed by atoms with van der Waals surface area (Å²) in [6.07, 6.45) is 1.00. The highest BCUT2D eigenvalue weighted by molar-refractivity contribution is 5.94. The van der Waals surface area contributed by atoms with Crippen LogP contribution >= 0.6 is 0 Å². The van der Waals surface area contributed by atoms with Crippen LogP contribution in [0.3, 0.4) is 0 Å². The fraction of sp³-hybridized carbons (Fsp3) is 0.500.